The van der Waals surface area contributed by atoms with Crippen molar-refractivity contribution in [2.75, 3.05) is 13.1 Å². The lowest BCUT2D eigenvalue weighted by molar-refractivity contribution is -0.0455. The van der Waals surface area contributed by atoms with Crippen LogP contribution < -0.4 is 0 Å². The van der Waals surface area contributed by atoms with Crippen molar-refractivity contribution in [1.82, 2.24) is 14.9 Å². The molecular weight excluding hydrogens is 454 g/mol. The van der Waals surface area contributed by atoms with Gasteiger partial charge in [-0.2, -0.15) is 0 Å². The van der Waals surface area contributed by atoms with Crippen LogP contribution in [0.25, 0.3) is 10.7 Å². The average Bonchev–Trinajstić information content (AvgIpc) is 3.24. The highest BCUT2D eigenvalue weighted by Gasteiger charge is 2.46. The molecule has 0 spiro atoms. The van der Waals surface area contributed by atoms with E-state index in [1.807, 2.05) is 6.07 Å². The third kappa shape index (κ3) is 6.33. The number of alkyl halides is 2. The monoisotopic (exact) mass is 490 g/mol. The van der Waals surface area contributed by atoms with Crippen LogP contribution in [0.2, 0.25) is 0 Å². The Hall–Kier alpha value is -2.06. The molecule has 1 fully saturated rings. The number of aromatic nitrogens is 2. The predicted molar refractivity (Wildman–Crippen MR) is 135 cm³/mol. The summed E-state index contributed by atoms with van der Waals surface area (Å²) in [6.45, 7) is 15.3. The van der Waals surface area contributed by atoms with Crippen molar-refractivity contribution >= 4 is 11.3 Å². The van der Waals surface area contributed by atoms with Gasteiger partial charge in [-0.25, -0.2) is 18.7 Å². The van der Waals surface area contributed by atoms with Gasteiger partial charge in [0.15, 0.2) is 5.82 Å². The molecule has 186 valence electrons. The van der Waals surface area contributed by atoms with E-state index in [2.05, 4.69) is 53.5 Å². The van der Waals surface area contributed by atoms with E-state index >= 15 is 0 Å². The molecule has 0 aliphatic carbocycles. The fourth-order valence-electron chi connectivity index (χ4n) is 4.71. The van der Waals surface area contributed by atoms with E-state index in [0.717, 1.165) is 24.8 Å². The second-order valence-corrected chi connectivity index (χ2v) is 12.2. The Morgan fingerprint density at radius 2 is 1.97 bits per heavy atom. The minimum Gasteiger partial charge on any atom is -0.297 e. The lowest BCUT2D eigenvalue weighted by Gasteiger charge is -2.50. The summed E-state index contributed by atoms with van der Waals surface area (Å²) in [6, 6.07) is 5.91. The molecule has 2 aromatic rings. The summed E-state index contributed by atoms with van der Waals surface area (Å²) in [6.07, 6.45) is 4.98. The van der Waals surface area contributed by atoms with E-state index in [1.165, 1.54) is 4.88 Å². The van der Waals surface area contributed by atoms with Crippen LogP contribution in [0.1, 0.15) is 58.8 Å². The lowest BCUT2D eigenvalue weighted by atomic mass is 9.64. The van der Waals surface area contributed by atoms with Gasteiger partial charge in [0.2, 0.25) is 5.92 Å². The number of rotatable bonds is 9. The zero-order valence-electron chi connectivity index (χ0n) is 20.9. The number of hydrogen-bond donors (Lipinski definition) is 0. The van der Waals surface area contributed by atoms with Crippen LogP contribution in [-0.2, 0) is 6.54 Å². The van der Waals surface area contributed by atoms with E-state index in [-0.39, 0.29) is 17.0 Å². The zero-order valence-corrected chi connectivity index (χ0v) is 21.7. The van der Waals surface area contributed by atoms with E-state index in [4.69, 9.17) is 0 Å². The molecule has 34 heavy (non-hydrogen) atoms. The highest BCUT2D eigenvalue weighted by molar-refractivity contribution is 7.15. The van der Waals surface area contributed by atoms with Crippen molar-refractivity contribution in [3.05, 3.63) is 52.7 Å². The smallest absolute Gasteiger partial charge is 0.247 e. The summed E-state index contributed by atoms with van der Waals surface area (Å²) in [4.78, 5) is 24.9. The molecule has 3 heterocycles. The van der Waals surface area contributed by atoms with Crippen molar-refractivity contribution in [3.8, 4) is 10.7 Å². The fourth-order valence-corrected chi connectivity index (χ4v) is 5.71. The number of nitrogens with zero attached hydrogens (tertiary/aromatic N) is 4. The van der Waals surface area contributed by atoms with Gasteiger partial charge in [0.05, 0.1) is 10.6 Å². The van der Waals surface area contributed by atoms with E-state index in [9.17, 15) is 13.7 Å². The van der Waals surface area contributed by atoms with E-state index in [1.54, 1.807) is 36.7 Å². The van der Waals surface area contributed by atoms with E-state index < -0.39 is 17.3 Å². The average molecular weight is 491 g/mol. The van der Waals surface area contributed by atoms with Gasteiger partial charge < -0.3 is 0 Å². The van der Waals surface area contributed by atoms with Gasteiger partial charge in [-0.1, -0.05) is 34.3 Å². The van der Waals surface area contributed by atoms with Gasteiger partial charge in [-0.15, -0.1) is 16.2 Å². The number of thiophene rings is 1. The molecule has 1 saturated heterocycles. The van der Waals surface area contributed by atoms with Gasteiger partial charge in [-0.05, 0) is 60.9 Å². The molecule has 3 rings (SSSR count). The molecule has 0 aromatic carbocycles. The summed E-state index contributed by atoms with van der Waals surface area (Å²) in [7, 11) is 0. The Bertz CT molecular complexity index is 983. The number of piperidine rings is 1. The summed E-state index contributed by atoms with van der Waals surface area (Å²) in [5, 5.41) is 3.25. The molecule has 0 saturated carbocycles. The van der Waals surface area contributed by atoms with E-state index in [0.29, 0.717) is 31.8 Å². The number of halogens is 2. The molecule has 0 radical (unpaired) electrons. The summed E-state index contributed by atoms with van der Waals surface area (Å²) in [5.74, 6) is -2.57. The van der Waals surface area contributed by atoms with Crippen LogP contribution in [0, 0.1) is 27.6 Å². The van der Waals surface area contributed by atoms with Gasteiger partial charge in [0.25, 0.3) is 0 Å². The van der Waals surface area contributed by atoms with Crippen LogP contribution in [-0.4, -0.2) is 33.9 Å². The van der Waals surface area contributed by atoms with Crippen molar-refractivity contribution in [1.29, 1.82) is 0 Å². The first-order chi connectivity index (χ1) is 15.8. The Morgan fingerprint density at radius 1 is 1.29 bits per heavy atom. The molecule has 0 bridgehead atoms. The van der Waals surface area contributed by atoms with Crippen molar-refractivity contribution in [2.24, 2.45) is 27.8 Å². The molecule has 3 atom stereocenters. The largest absolute Gasteiger partial charge is 0.297 e. The molecule has 1 aliphatic rings. The van der Waals surface area contributed by atoms with Crippen molar-refractivity contribution < 1.29 is 8.78 Å². The maximum absolute atomic E-state index is 13.9. The van der Waals surface area contributed by atoms with Crippen LogP contribution >= 0.6 is 11.3 Å². The maximum atomic E-state index is 13.9. The van der Waals surface area contributed by atoms with Crippen LogP contribution in [0.15, 0.2) is 48.0 Å². The van der Waals surface area contributed by atoms with Crippen LogP contribution in [0.4, 0.5) is 8.78 Å². The predicted octanol–water partition coefficient (Wildman–Crippen LogP) is 7.41. The molecule has 2 aromatic heterocycles. The van der Waals surface area contributed by atoms with Crippen molar-refractivity contribution in [2.45, 2.75) is 66.3 Å². The first-order valence-electron chi connectivity index (χ1n) is 11.8. The molecule has 5 nitrogen and oxygen atoms in total. The molecule has 1 aliphatic heterocycles. The third-order valence-corrected chi connectivity index (χ3v) is 8.40. The summed E-state index contributed by atoms with van der Waals surface area (Å²) >= 11 is 1.65. The summed E-state index contributed by atoms with van der Waals surface area (Å²) < 4.78 is 27.8. The SMILES string of the molecule is C=C(N=O)[C@]1(CCC(C)C(C)(F)F)CC(C(C)(C)C)CN(Cc2ccc(-c3ncccn3)s2)C1. The highest BCUT2D eigenvalue weighted by Crippen LogP contribution is 2.49. The fraction of sp³-hybridized carbons (Fsp3) is 0.615. The number of nitroso groups, excluding NO2 is 1. The van der Waals surface area contributed by atoms with Crippen LogP contribution in [0.5, 0.6) is 0 Å². The molecule has 2 unspecified atom stereocenters. The van der Waals surface area contributed by atoms with Crippen LogP contribution in [0.3, 0.4) is 0 Å². The topological polar surface area (TPSA) is 58.5 Å². The molecule has 0 amide bonds. The Balaban J connectivity index is 1.86. The normalized spacial score (nSPS) is 23.0. The highest BCUT2D eigenvalue weighted by atomic mass is 32.1. The third-order valence-electron chi connectivity index (χ3n) is 7.34. The van der Waals surface area contributed by atoms with Gasteiger partial charge in [-0.3, -0.25) is 4.90 Å². The Labute approximate surface area is 205 Å². The van der Waals surface area contributed by atoms with Gasteiger partial charge in [0, 0.05) is 48.2 Å². The molecular formula is C26H36F2N4OS. The first-order valence-corrected chi connectivity index (χ1v) is 12.6. The quantitative estimate of drug-likeness (QED) is 0.343. The number of hydrogen-bond acceptors (Lipinski definition) is 6. The summed E-state index contributed by atoms with van der Waals surface area (Å²) in [5.41, 5.74) is -0.339. The minimum absolute atomic E-state index is 0.00805. The van der Waals surface area contributed by atoms with Gasteiger partial charge >= 0.3 is 0 Å². The number of likely N-dealkylation sites (tertiary alicyclic amines) is 1. The first kappa shape index (κ1) is 26.5. The minimum atomic E-state index is -2.76. The second-order valence-electron chi connectivity index (χ2n) is 11.0. The van der Waals surface area contributed by atoms with Gasteiger partial charge in [0.1, 0.15) is 0 Å². The van der Waals surface area contributed by atoms with Crippen molar-refractivity contribution in [3.63, 3.8) is 0 Å². The standard InChI is InChI=1S/C26H36F2N4OS/c1-18(25(6,27)28)10-11-26(19(2)31-33)14-20(24(3,4)5)15-32(17-26)16-21-8-9-22(34-21)23-29-12-7-13-30-23/h7-9,12-13,18,20H,2,10-11,14-17H2,1,3-6H3/t18?,20?,26-/m1/s1. The molecule has 0 N–H and O–H groups in total. The second kappa shape index (κ2) is 10.3. The zero-order chi connectivity index (χ0) is 25.1. The Kier molecular flexibility index (Phi) is 8.03. The molecule has 8 heteroatoms. The lowest BCUT2D eigenvalue weighted by Crippen LogP contribution is -2.50. The maximum Gasteiger partial charge on any atom is 0.247 e. The Morgan fingerprint density at radius 3 is 2.56 bits per heavy atom.